The van der Waals surface area contributed by atoms with Crippen LogP contribution in [-0.4, -0.2) is 18.4 Å². The fourth-order valence-corrected chi connectivity index (χ4v) is 2.74. The van der Waals surface area contributed by atoms with Gasteiger partial charge in [-0.2, -0.15) is 0 Å². The van der Waals surface area contributed by atoms with Crippen LogP contribution in [0.3, 0.4) is 0 Å². The van der Waals surface area contributed by atoms with Gasteiger partial charge in [0, 0.05) is 11.5 Å². The molecule has 2 atom stereocenters. The smallest absolute Gasteiger partial charge is 0.309 e. The minimum atomic E-state index is -0.256. The van der Waals surface area contributed by atoms with Crippen molar-refractivity contribution < 1.29 is 14.3 Å². The number of carbonyl (C=O) groups excluding carboxylic acids is 2. The molecule has 102 valence electrons. The van der Waals surface area contributed by atoms with Crippen LogP contribution in [0.25, 0.3) is 0 Å². The molecular weight excluding hydrogens is 240 g/mol. The molecule has 1 fully saturated rings. The Bertz CT molecular complexity index is 461. The van der Waals surface area contributed by atoms with Crippen LogP contribution in [0.15, 0.2) is 24.3 Å². The summed E-state index contributed by atoms with van der Waals surface area (Å²) in [7, 11) is 0. The number of hydrogen-bond acceptors (Lipinski definition) is 3. The second-order valence-electron chi connectivity index (χ2n) is 5.13. The molecule has 1 aliphatic carbocycles. The molecule has 0 unspecified atom stereocenters. The number of ketones is 1. The molecule has 3 nitrogen and oxygen atoms in total. The fourth-order valence-electron chi connectivity index (χ4n) is 2.74. The van der Waals surface area contributed by atoms with Crippen LogP contribution in [0.1, 0.15) is 42.1 Å². The Morgan fingerprint density at radius 2 is 1.79 bits per heavy atom. The number of esters is 1. The minimum Gasteiger partial charge on any atom is -0.466 e. The largest absolute Gasteiger partial charge is 0.466 e. The van der Waals surface area contributed by atoms with Crippen molar-refractivity contribution in [3.8, 4) is 0 Å². The van der Waals surface area contributed by atoms with Gasteiger partial charge in [0.05, 0.1) is 12.5 Å². The molecule has 1 aliphatic rings. The first-order valence-electron chi connectivity index (χ1n) is 6.91. The van der Waals surface area contributed by atoms with Crippen molar-refractivity contribution in [1.82, 2.24) is 0 Å². The zero-order valence-corrected chi connectivity index (χ0v) is 11.5. The lowest BCUT2D eigenvalue weighted by Crippen LogP contribution is -2.27. The van der Waals surface area contributed by atoms with Crippen LogP contribution >= 0.6 is 0 Å². The molecule has 0 aromatic heterocycles. The number of benzene rings is 1. The molecule has 3 heteroatoms. The molecule has 0 aliphatic heterocycles. The second-order valence-corrected chi connectivity index (χ2v) is 5.13. The molecule has 0 saturated heterocycles. The predicted molar refractivity (Wildman–Crippen MR) is 73.0 cm³/mol. The lowest BCUT2D eigenvalue weighted by molar-refractivity contribution is -0.148. The second kappa shape index (κ2) is 6.00. The first-order valence-corrected chi connectivity index (χ1v) is 6.91. The zero-order chi connectivity index (χ0) is 13.8. The van der Waals surface area contributed by atoms with Gasteiger partial charge in [-0.1, -0.05) is 36.2 Å². The van der Waals surface area contributed by atoms with Gasteiger partial charge in [-0.15, -0.1) is 0 Å². The van der Waals surface area contributed by atoms with Crippen LogP contribution in [0.2, 0.25) is 0 Å². The zero-order valence-electron chi connectivity index (χ0n) is 11.5. The van der Waals surface area contributed by atoms with Gasteiger partial charge in [-0.05, 0) is 26.7 Å². The maximum atomic E-state index is 12.5. The van der Waals surface area contributed by atoms with Gasteiger partial charge < -0.3 is 4.74 Å². The lowest BCUT2D eigenvalue weighted by atomic mass is 9.88. The molecule has 19 heavy (non-hydrogen) atoms. The van der Waals surface area contributed by atoms with Gasteiger partial charge in [0.1, 0.15) is 0 Å². The predicted octanol–water partition coefficient (Wildman–Crippen LogP) is 3.16. The summed E-state index contributed by atoms with van der Waals surface area (Å²) in [6, 6.07) is 7.56. The molecule has 1 saturated carbocycles. The van der Waals surface area contributed by atoms with E-state index in [4.69, 9.17) is 4.74 Å². The van der Waals surface area contributed by atoms with E-state index < -0.39 is 0 Å². The third kappa shape index (κ3) is 3.03. The van der Waals surface area contributed by atoms with Crippen molar-refractivity contribution in [2.24, 2.45) is 11.8 Å². The fraction of sp³-hybridized carbons (Fsp3) is 0.500. The number of hydrogen-bond donors (Lipinski definition) is 0. The monoisotopic (exact) mass is 260 g/mol. The Morgan fingerprint density at radius 3 is 2.42 bits per heavy atom. The summed E-state index contributed by atoms with van der Waals surface area (Å²) in [6.07, 6.45) is 2.48. The van der Waals surface area contributed by atoms with Crippen LogP contribution in [0.4, 0.5) is 0 Å². The lowest BCUT2D eigenvalue weighted by Gasteiger charge is -2.17. The van der Waals surface area contributed by atoms with Crippen LogP contribution < -0.4 is 0 Å². The Balaban J connectivity index is 2.13. The van der Waals surface area contributed by atoms with E-state index >= 15 is 0 Å². The van der Waals surface area contributed by atoms with E-state index in [0.29, 0.717) is 12.2 Å². The van der Waals surface area contributed by atoms with Gasteiger partial charge in [-0.3, -0.25) is 9.59 Å². The highest BCUT2D eigenvalue weighted by Gasteiger charge is 2.38. The highest BCUT2D eigenvalue weighted by Crippen LogP contribution is 2.35. The summed E-state index contributed by atoms with van der Waals surface area (Å²) >= 11 is 0. The average Bonchev–Trinajstić information content (AvgIpc) is 2.88. The first kappa shape index (κ1) is 13.8. The summed E-state index contributed by atoms with van der Waals surface area (Å²) < 4.78 is 5.07. The number of carbonyl (C=O) groups is 2. The number of rotatable bonds is 4. The SMILES string of the molecule is CCOC(=O)[C@@H]1CCC[C@@H]1C(=O)c1ccc(C)cc1. The standard InChI is InChI=1S/C16H20O3/c1-3-19-16(18)14-6-4-5-13(14)15(17)12-9-7-11(2)8-10-12/h7-10,13-14H,3-6H2,1-2H3/t13-,14+/m0/s1. The quantitative estimate of drug-likeness (QED) is 0.617. The topological polar surface area (TPSA) is 43.4 Å². The summed E-state index contributed by atoms with van der Waals surface area (Å²) in [6.45, 7) is 4.16. The van der Waals surface area contributed by atoms with Gasteiger partial charge in [-0.25, -0.2) is 0 Å². The summed E-state index contributed by atoms with van der Waals surface area (Å²) in [5.41, 5.74) is 1.83. The van der Waals surface area contributed by atoms with Crippen LogP contribution in [0, 0.1) is 18.8 Å². The van der Waals surface area contributed by atoms with Gasteiger partial charge in [0.25, 0.3) is 0 Å². The Kier molecular flexibility index (Phi) is 4.35. The summed E-state index contributed by atoms with van der Waals surface area (Å²) in [4.78, 5) is 24.3. The van der Waals surface area contributed by atoms with Gasteiger partial charge in [0.15, 0.2) is 5.78 Å². The van der Waals surface area contributed by atoms with Crippen LogP contribution in [-0.2, 0) is 9.53 Å². The maximum Gasteiger partial charge on any atom is 0.309 e. The Morgan fingerprint density at radius 1 is 1.16 bits per heavy atom. The summed E-state index contributed by atoms with van der Waals surface area (Å²) in [5.74, 6) is -0.600. The van der Waals surface area contributed by atoms with Crippen molar-refractivity contribution in [2.45, 2.75) is 33.1 Å². The number of Topliss-reactive ketones (excluding diaryl/α,β-unsaturated/α-hetero) is 1. The van der Waals surface area contributed by atoms with Crippen molar-refractivity contribution >= 4 is 11.8 Å². The average molecular weight is 260 g/mol. The maximum absolute atomic E-state index is 12.5. The molecule has 2 rings (SSSR count). The van der Waals surface area contributed by atoms with E-state index in [1.807, 2.05) is 31.2 Å². The molecule has 1 aromatic rings. The van der Waals surface area contributed by atoms with E-state index in [0.717, 1.165) is 24.8 Å². The molecule has 0 amide bonds. The van der Waals surface area contributed by atoms with Gasteiger partial charge in [0.2, 0.25) is 0 Å². The van der Waals surface area contributed by atoms with E-state index in [2.05, 4.69) is 0 Å². The van der Waals surface area contributed by atoms with Crippen molar-refractivity contribution in [1.29, 1.82) is 0 Å². The normalized spacial score (nSPS) is 22.2. The van der Waals surface area contributed by atoms with Gasteiger partial charge >= 0.3 is 5.97 Å². The molecule has 0 bridgehead atoms. The molecule has 0 radical (unpaired) electrons. The highest BCUT2D eigenvalue weighted by molar-refractivity contribution is 6.00. The number of aryl methyl sites for hydroxylation is 1. The molecule has 0 spiro atoms. The molecular formula is C16H20O3. The van der Waals surface area contributed by atoms with E-state index in [1.54, 1.807) is 6.92 Å². The third-order valence-corrected chi connectivity index (χ3v) is 3.78. The highest BCUT2D eigenvalue weighted by atomic mass is 16.5. The third-order valence-electron chi connectivity index (χ3n) is 3.78. The van der Waals surface area contributed by atoms with E-state index in [1.165, 1.54) is 0 Å². The van der Waals surface area contributed by atoms with Crippen molar-refractivity contribution in [3.05, 3.63) is 35.4 Å². The number of ether oxygens (including phenoxy) is 1. The van der Waals surface area contributed by atoms with Crippen molar-refractivity contribution in [3.63, 3.8) is 0 Å². The molecule has 0 heterocycles. The van der Waals surface area contributed by atoms with Crippen LogP contribution in [0.5, 0.6) is 0 Å². The Labute approximate surface area is 114 Å². The van der Waals surface area contributed by atoms with Crippen molar-refractivity contribution in [2.75, 3.05) is 6.61 Å². The summed E-state index contributed by atoms with van der Waals surface area (Å²) in [5, 5.41) is 0. The van der Waals surface area contributed by atoms with E-state index in [-0.39, 0.29) is 23.6 Å². The Hall–Kier alpha value is -1.64. The van der Waals surface area contributed by atoms with E-state index in [9.17, 15) is 9.59 Å². The minimum absolute atomic E-state index is 0.0792. The molecule has 0 N–H and O–H groups in total. The first-order chi connectivity index (χ1) is 9.13. The molecule has 1 aromatic carbocycles.